The van der Waals surface area contributed by atoms with Crippen molar-refractivity contribution >= 4 is 53.2 Å². The lowest BCUT2D eigenvalue weighted by molar-refractivity contribution is 0.476. The molecule has 11 heteroatoms. The Morgan fingerprint density at radius 3 is 2.06 bits per heavy atom. The standard InChI is InChI=1S/C21H16N2O7S2/c1-12-10-13-6-8-17(24)21(20(13)19(11-12)32(28,29)30)23-22-16-7-9-18(31(25,26)27)15-5-3-2-4-14(15)16/h2-11,24H,1H3,(H,25,26,27)(H,28,29,30)/b23-22+. The zero-order valence-corrected chi connectivity index (χ0v) is 18.1. The summed E-state index contributed by atoms with van der Waals surface area (Å²) in [5.41, 5.74) is 0.605. The molecule has 0 unspecified atom stereocenters. The van der Waals surface area contributed by atoms with E-state index in [1.54, 1.807) is 31.2 Å². The summed E-state index contributed by atoms with van der Waals surface area (Å²) in [5.74, 6) is -0.367. The van der Waals surface area contributed by atoms with Crippen LogP contribution in [-0.2, 0) is 20.2 Å². The first kappa shape index (κ1) is 21.8. The Labute approximate surface area is 183 Å². The van der Waals surface area contributed by atoms with Crippen LogP contribution in [-0.4, -0.2) is 31.0 Å². The number of hydrogen-bond donors (Lipinski definition) is 3. The number of azo groups is 1. The molecule has 0 spiro atoms. The van der Waals surface area contributed by atoms with E-state index in [9.17, 15) is 31.0 Å². The highest BCUT2D eigenvalue weighted by atomic mass is 32.2. The van der Waals surface area contributed by atoms with Crippen molar-refractivity contribution < 1.29 is 31.0 Å². The van der Waals surface area contributed by atoms with E-state index in [-0.39, 0.29) is 32.8 Å². The maximum Gasteiger partial charge on any atom is 0.295 e. The van der Waals surface area contributed by atoms with Gasteiger partial charge < -0.3 is 5.11 Å². The lowest BCUT2D eigenvalue weighted by Crippen LogP contribution is -2.00. The summed E-state index contributed by atoms with van der Waals surface area (Å²) in [5, 5.41) is 19.5. The normalized spacial score (nSPS) is 12.7. The topological polar surface area (TPSA) is 154 Å². The molecule has 0 atom stereocenters. The van der Waals surface area contributed by atoms with Crippen LogP contribution < -0.4 is 0 Å². The Morgan fingerprint density at radius 2 is 1.41 bits per heavy atom. The zero-order chi connectivity index (χ0) is 23.3. The number of phenols is 1. The van der Waals surface area contributed by atoms with Crippen LogP contribution >= 0.6 is 0 Å². The minimum absolute atomic E-state index is 0.0132. The number of nitrogens with zero attached hydrogens (tertiary/aromatic N) is 2. The van der Waals surface area contributed by atoms with E-state index in [1.807, 2.05) is 0 Å². The molecule has 0 aromatic heterocycles. The molecule has 0 aliphatic rings. The minimum Gasteiger partial charge on any atom is -0.506 e. The average Bonchev–Trinajstić information content (AvgIpc) is 2.71. The molecule has 0 aliphatic heterocycles. The monoisotopic (exact) mass is 472 g/mol. The van der Waals surface area contributed by atoms with Crippen LogP contribution in [0.1, 0.15) is 5.56 Å². The van der Waals surface area contributed by atoms with Gasteiger partial charge in [0.05, 0.1) is 5.69 Å². The van der Waals surface area contributed by atoms with Gasteiger partial charge in [0.2, 0.25) is 0 Å². The summed E-state index contributed by atoms with van der Waals surface area (Å²) < 4.78 is 66.5. The summed E-state index contributed by atoms with van der Waals surface area (Å²) in [6, 6.07) is 14.5. The molecular weight excluding hydrogens is 456 g/mol. The second-order valence-electron chi connectivity index (χ2n) is 7.07. The molecule has 32 heavy (non-hydrogen) atoms. The predicted octanol–water partition coefficient (Wildman–Crippen LogP) is 4.92. The molecule has 0 saturated heterocycles. The second-order valence-corrected chi connectivity index (χ2v) is 9.85. The highest BCUT2D eigenvalue weighted by molar-refractivity contribution is 7.86. The van der Waals surface area contributed by atoms with Crippen LogP contribution in [0.3, 0.4) is 0 Å². The third-order valence-corrected chi connectivity index (χ3v) is 6.64. The van der Waals surface area contributed by atoms with Gasteiger partial charge in [0.15, 0.2) is 0 Å². The van der Waals surface area contributed by atoms with Crippen LogP contribution in [0.2, 0.25) is 0 Å². The smallest absolute Gasteiger partial charge is 0.295 e. The van der Waals surface area contributed by atoms with E-state index < -0.39 is 25.1 Å². The predicted molar refractivity (Wildman–Crippen MR) is 118 cm³/mol. The summed E-state index contributed by atoms with van der Waals surface area (Å²) in [6.07, 6.45) is 0. The van der Waals surface area contributed by atoms with E-state index in [4.69, 9.17) is 0 Å². The van der Waals surface area contributed by atoms with Gasteiger partial charge in [-0.1, -0.05) is 36.4 Å². The largest absolute Gasteiger partial charge is 0.506 e. The zero-order valence-electron chi connectivity index (χ0n) is 16.5. The van der Waals surface area contributed by atoms with E-state index >= 15 is 0 Å². The molecule has 4 rings (SSSR count). The average molecular weight is 473 g/mol. The highest BCUT2D eigenvalue weighted by Crippen LogP contribution is 2.41. The number of rotatable bonds is 4. The summed E-state index contributed by atoms with van der Waals surface area (Å²) in [4.78, 5) is -0.729. The molecule has 4 aromatic rings. The van der Waals surface area contributed by atoms with Gasteiger partial charge >= 0.3 is 0 Å². The third-order valence-electron chi connectivity index (χ3n) is 4.85. The molecule has 9 nitrogen and oxygen atoms in total. The van der Waals surface area contributed by atoms with Crippen LogP contribution in [0.15, 0.2) is 80.7 Å². The molecule has 3 N–H and O–H groups in total. The van der Waals surface area contributed by atoms with Gasteiger partial charge in [-0.15, -0.1) is 10.2 Å². The Hall–Kier alpha value is -3.38. The van der Waals surface area contributed by atoms with Gasteiger partial charge in [0, 0.05) is 16.2 Å². The van der Waals surface area contributed by atoms with Crippen LogP contribution in [0, 0.1) is 6.92 Å². The van der Waals surface area contributed by atoms with Crippen molar-refractivity contribution in [1.29, 1.82) is 0 Å². The van der Waals surface area contributed by atoms with Gasteiger partial charge in [-0.25, -0.2) is 0 Å². The van der Waals surface area contributed by atoms with Gasteiger partial charge in [-0.05, 0) is 42.1 Å². The SMILES string of the molecule is Cc1cc(S(=O)(=O)O)c2c(/N=N/c3ccc(S(=O)(=O)O)c4ccccc34)c(O)ccc2c1. The fourth-order valence-corrected chi connectivity index (χ4v) is 5.02. The molecule has 164 valence electrons. The first-order valence-electron chi connectivity index (χ1n) is 9.11. The first-order valence-corrected chi connectivity index (χ1v) is 12.0. The second kappa shape index (κ2) is 7.64. The molecule has 0 radical (unpaired) electrons. The van der Waals surface area contributed by atoms with Crippen molar-refractivity contribution in [3.05, 3.63) is 66.2 Å². The number of phenolic OH excluding ortho intramolecular Hbond substituents is 1. The van der Waals surface area contributed by atoms with Gasteiger partial charge in [0.1, 0.15) is 21.2 Å². The lowest BCUT2D eigenvalue weighted by Gasteiger charge is -2.10. The number of aryl methyl sites for hydroxylation is 1. The molecule has 0 bridgehead atoms. The lowest BCUT2D eigenvalue weighted by atomic mass is 10.1. The summed E-state index contributed by atoms with van der Waals surface area (Å²) in [6.45, 7) is 1.66. The molecule has 0 amide bonds. The van der Waals surface area contributed by atoms with Crippen LogP contribution in [0.4, 0.5) is 11.4 Å². The van der Waals surface area contributed by atoms with Gasteiger partial charge in [-0.2, -0.15) is 16.8 Å². The number of fused-ring (bicyclic) bond motifs is 2. The fourth-order valence-electron chi connectivity index (χ4n) is 3.52. The molecule has 0 saturated carbocycles. The van der Waals surface area contributed by atoms with Crippen molar-refractivity contribution in [2.75, 3.05) is 0 Å². The fraction of sp³-hybridized carbons (Fsp3) is 0.0476. The molecule has 4 aromatic carbocycles. The van der Waals surface area contributed by atoms with Crippen molar-refractivity contribution in [2.45, 2.75) is 16.7 Å². The van der Waals surface area contributed by atoms with E-state index in [0.717, 1.165) is 0 Å². The third kappa shape index (κ3) is 3.94. The van der Waals surface area contributed by atoms with Gasteiger partial charge in [-0.3, -0.25) is 9.11 Å². The molecule has 0 aliphatic carbocycles. The van der Waals surface area contributed by atoms with Crippen molar-refractivity contribution in [2.24, 2.45) is 10.2 Å². The van der Waals surface area contributed by atoms with E-state index in [0.29, 0.717) is 16.3 Å². The Morgan fingerprint density at radius 1 is 0.750 bits per heavy atom. The van der Waals surface area contributed by atoms with Crippen molar-refractivity contribution in [3.63, 3.8) is 0 Å². The van der Waals surface area contributed by atoms with Crippen molar-refractivity contribution in [1.82, 2.24) is 0 Å². The summed E-state index contributed by atoms with van der Waals surface area (Å²) in [7, 11) is -9.12. The highest BCUT2D eigenvalue weighted by Gasteiger charge is 2.20. The summed E-state index contributed by atoms with van der Waals surface area (Å²) >= 11 is 0. The molecular formula is C21H16N2O7S2. The Balaban J connectivity index is 1.99. The van der Waals surface area contributed by atoms with E-state index in [1.165, 1.54) is 36.4 Å². The van der Waals surface area contributed by atoms with Crippen LogP contribution in [0.5, 0.6) is 5.75 Å². The van der Waals surface area contributed by atoms with Crippen LogP contribution in [0.25, 0.3) is 21.5 Å². The minimum atomic E-state index is -4.64. The van der Waals surface area contributed by atoms with Crippen molar-refractivity contribution in [3.8, 4) is 5.75 Å². The Kier molecular flexibility index (Phi) is 5.21. The quantitative estimate of drug-likeness (QED) is 0.281. The number of hydrogen-bond acceptors (Lipinski definition) is 7. The van der Waals surface area contributed by atoms with Gasteiger partial charge in [0.25, 0.3) is 20.2 Å². The van der Waals surface area contributed by atoms with E-state index in [2.05, 4.69) is 10.2 Å². The number of benzene rings is 4. The molecule has 0 fully saturated rings. The Bertz CT molecular complexity index is 1640. The first-order chi connectivity index (χ1) is 15.0. The maximum absolute atomic E-state index is 12.0. The maximum atomic E-state index is 12.0. The molecule has 0 heterocycles. The number of aromatic hydroxyl groups is 1.